The lowest BCUT2D eigenvalue weighted by Gasteiger charge is -2.23. The zero-order valence-corrected chi connectivity index (χ0v) is 11.8. The third-order valence-electron chi connectivity index (χ3n) is 3.71. The minimum atomic E-state index is -0.484. The molecule has 0 bridgehead atoms. The number of nitrogen functional groups attached to an aromatic ring is 1. The Hall–Kier alpha value is -2.19. The molecule has 2 rings (SSSR count). The summed E-state index contributed by atoms with van der Waals surface area (Å²) in [6.07, 6.45) is 1.79. The second kappa shape index (κ2) is 6.51. The van der Waals surface area contributed by atoms with E-state index in [-0.39, 0.29) is 23.3 Å². The SMILES string of the molecule is CNC(=O)C1CCCN1Cc1ccc([N+](=O)[O-])c(NN)c1. The van der Waals surface area contributed by atoms with E-state index >= 15 is 0 Å². The number of nitro groups is 1. The molecule has 0 spiro atoms. The van der Waals surface area contributed by atoms with Gasteiger partial charge in [0.05, 0.1) is 11.0 Å². The molecule has 1 aliphatic rings. The standard InChI is InChI=1S/C13H19N5O3/c1-15-13(19)12-3-2-6-17(12)8-9-4-5-11(18(20)21)10(7-9)16-14/h4-5,7,12,16H,2-3,6,8,14H2,1H3,(H,15,19). The molecule has 1 heterocycles. The van der Waals surface area contributed by atoms with Gasteiger partial charge in [-0.2, -0.15) is 0 Å². The Morgan fingerprint density at radius 2 is 2.33 bits per heavy atom. The van der Waals surface area contributed by atoms with Gasteiger partial charge >= 0.3 is 0 Å². The van der Waals surface area contributed by atoms with Crippen LogP contribution in [0.1, 0.15) is 18.4 Å². The second-order valence-electron chi connectivity index (χ2n) is 5.00. The number of rotatable bonds is 5. The number of carbonyl (C=O) groups is 1. The van der Waals surface area contributed by atoms with Gasteiger partial charge in [-0.25, -0.2) is 0 Å². The van der Waals surface area contributed by atoms with Crippen molar-refractivity contribution in [3.05, 3.63) is 33.9 Å². The van der Waals surface area contributed by atoms with Gasteiger partial charge < -0.3 is 10.7 Å². The number of nitro benzene ring substituents is 1. The predicted octanol–water partition coefficient (Wildman–Crippen LogP) is 0.591. The molecule has 1 atom stereocenters. The lowest BCUT2D eigenvalue weighted by molar-refractivity contribution is -0.384. The summed E-state index contributed by atoms with van der Waals surface area (Å²) in [6, 6.07) is 4.63. The van der Waals surface area contributed by atoms with Crippen LogP contribution in [0.4, 0.5) is 11.4 Å². The molecular weight excluding hydrogens is 274 g/mol. The van der Waals surface area contributed by atoms with Crippen LogP contribution in [0.25, 0.3) is 0 Å². The Labute approximate surface area is 122 Å². The fraction of sp³-hybridized carbons (Fsp3) is 0.462. The van der Waals surface area contributed by atoms with E-state index in [2.05, 4.69) is 15.6 Å². The highest BCUT2D eigenvalue weighted by Gasteiger charge is 2.30. The van der Waals surface area contributed by atoms with Crippen molar-refractivity contribution in [2.45, 2.75) is 25.4 Å². The van der Waals surface area contributed by atoms with Crippen LogP contribution in [0, 0.1) is 10.1 Å². The van der Waals surface area contributed by atoms with E-state index in [9.17, 15) is 14.9 Å². The van der Waals surface area contributed by atoms with Crippen molar-refractivity contribution in [3.63, 3.8) is 0 Å². The molecule has 1 aromatic carbocycles. The van der Waals surface area contributed by atoms with Crippen molar-refractivity contribution in [3.8, 4) is 0 Å². The van der Waals surface area contributed by atoms with Gasteiger partial charge in [0.1, 0.15) is 5.69 Å². The Bertz CT molecular complexity index is 549. The van der Waals surface area contributed by atoms with Crippen LogP contribution in [-0.4, -0.2) is 35.4 Å². The van der Waals surface area contributed by atoms with Crippen molar-refractivity contribution >= 4 is 17.3 Å². The largest absolute Gasteiger partial charge is 0.358 e. The van der Waals surface area contributed by atoms with Crippen LogP contribution in [0.15, 0.2) is 18.2 Å². The number of nitrogens with one attached hydrogen (secondary N) is 2. The highest BCUT2D eigenvalue weighted by molar-refractivity contribution is 5.81. The molecule has 8 heteroatoms. The summed E-state index contributed by atoms with van der Waals surface area (Å²) in [5.41, 5.74) is 3.43. The molecule has 0 aromatic heterocycles. The first kappa shape index (κ1) is 15.2. The molecule has 0 saturated carbocycles. The van der Waals surface area contributed by atoms with E-state index in [4.69, 9.17) is 5.84 Å². The van der Waals surface area contributed by atoms with Crippen LogP contribution in [0.3, 0.4) is 0 Å². The topological polar surface area (TPSA) is 114 Å². The minimum absolute atomic E-state index is 0.00610. The summed E-state index contributed by atoms with van der Waals surface area (Å²) in [6.45, 7) is 1.39. The Balaban J connectivity index is 2.16. The van der Waals surface area contributed by atoms with Gasteiger partial charge in [0.2, 0.25) is 5.91 Å². The van der Waals surface area contributed by atoms with Gasteiger partial charge in [-0.05, 0) is 31.0 Å². The maximum atomic E-state index is 11.8. The van der Waals surface area contributed by atoms with Crippen LogP contribution in [0.5, 0.6) is 0 Å². The number of nitrogens with zero attached hydrogens (tertiary/aromatic N) is 2. The fourth-order valence-electron chi connectivity index (χ4n) is 2.67. The molecule has 8 nitrogen and oxygen atoms in total. The van der Waals surface area contributed by atoms with Crippen molar-refractivity contribution in [2.75, 3.05) is 19.0 Å². The third kappa shape index (κ3) is 3.29. The van der Waals surface area contributed by atoms with E-state index in [0.717, 1.165) is 24.9 Å². The van der Waals surface area contributed by atoms with Gasteiger partial charge in [-0.1, -0.05) is 6.07 Å². The molecule has 1 aromatic rings. The van der Waals surface area contributed by atoms with Gasteiger partial charge in [0.25, 0.3) is 5.69 Å². The van der Waals surface area contributed by atoms with Gasteiger partial charge in [0.15, 0.2) is 0 Å². The van der Waals surface area contributed by atoms with Crippen LogP contribution in [-0.2, 0) is 11.3 Å². The number of amides is 1. The maximum absolute atomic E-state index is 11.8. The summed E-state index contributed by atoms with van der Waals surface area (Å²) < 4.78 is 0. The summed E-state index contributed by atoms with van der Waals surface area (Å²) in [7, 11) is 1.63. The number of hydrogen-bond donors (Lipinski definition) is 3. The van der Waals surface area contributed by atoms with E-state index in [1.165, 1.54) is 6.07 Å². The number of likely N-dealkylation sites (N-methyl/N-ethyl adjacent to an activating group) is 1. The van der Waals surface area contributed by atoms with Gasteiger partial charge in [-0.3, -0.25) is 25.7 Å². The second-order valence-corrected chi connectivity index (χ2v) is 5.00. The van der Waals surface area contributed by atoms with Crippen LogP contribution < -0.4 is 16.6 Å². The Kier molecular flexibility index (Phi) is 4.71. The van der Waals surface area contributed by atoms with E-state index in [1.54, 1.807) is 19.2 Å². The zero-order valence-electron chi connectivity index (χ0n) is 11.8. The molecule has 1 unspecified atom stereocenters. The van der Waals surface area contributed by atoms with Crippen LogP contribution >= 0.6 is 0 Å². The number of likely N-dealkylation sites (tertiary alicyclic amines) is 1. The lowest BCUT2D eigenvalue weighted by atomic mass is 10.1. The Morgan fingerprint density at radius 1 is 1.57 bits per heavy atom. The van der Waals surface area contributed by atoms with Crippen LogP contribution in [0.2, 0.25) is 0 Å². The summed E-state index contributed by atoms with van der Waals surface area (Å²) in [5, 5.41) is 13.5. The molecule has 1 aliphatic heterocycles. The molecule has 0 aliphatic carbocycles. The molecule has 1 amide bonds. The Morgan fingerprint density at radius 3 is 2.95 bits per heavy atom. The molecule has 4 N–H and O–H groups in total. The van der Waals surface area contributed by atoms with E-state index < -0.39 is 4.92 Å². The fourth-order valence-corrected chi connectivity index (χ4v) is 2.67. The summed E-state index contributed by atoms with van der Waals surface area (Å²) in [5.74, 6) is 5.34. The van der Waals surface area contributed by atoms with Gasteiger partial charge in [-0.15, -0.1) is 0 Å². The molecule has 21 heavy (non-hydrogen) atoms. The van der Waals surface area contributed by atoms with Crippen molar-refractivity contribution in [1.29, 1.82) is 0 Å². The summed E-state index contributed by atoms with van der Waals surface area (Å²) in [4.78, 5) is 24.3. The molecular formula is C13H19N5O3. The van der Waals surface area contributed by atoms with Crippen molar-refractivity contribution < 1.29 is 9.72 Å². The number of hydrazine groups is 1. The number of carbonyl (C=O) groups excluding carboxylic acids is 1. The number of hydrogen-bond acceptors (Lipinski definition) is 6. The first-order valence-corrected chi connectivity index (χ1v) is 6.76. The first-order valence-electron chi connectivity index (χ1n) is 6.76. The lowest BCUT2D eigenvalue weighted by Crippen LogP contribution is -2.41. The average Bonchev–Trinajstić information content (AvgIpc) is 2.94. The van der Waals surface area contributed by atoms with E-state index in [1.807, 2.05) is 0 Å². The van der Waals surface area contributed by atoms with Crippen molar-refractivity contribution in [1.82, 2.24) is 10.2 Å². The molecule has 1 fully saturated rings. The van der Waals surface area contributed by atoms with E-state index in [0.29, 0.717) is 6.54 Å². The van der Waals surface area contributed by atoms with Crippen molar-refractivity contribution in [2.24, 2.45) is 5.84 Å². The molecule has 1 saturated heterocycles. The normalized spacial score (nSPS) is 18.5. The number of nitrogens with two attached hydrogens (primary N) is 1. The first-order chi connectivity index (χ1) is 10.1. The number of benzene rings is 1. The minimum Gasteiger partial charge on any atom is -0.358 e. The average molecular weight is 293 g/mol. The zero-order chi connectivity index (χ0) is 15.4. The quantitative estimate of drug-likeness (QED) is 0.416. The molecule has 0 radical (unpaired) electrons. The smallest absolute Gasteiger partial charge is 0.293 e. The maximum Gasteiger partial charge on any atom is 0.293 e. The predicted molar refractivity (Wildman–Crippen MR) is 78.4 cm³/mol. The number of anilines is 1. The molecule has 114 valence electrons. The monoisotopic (exact) mass is 293 g/mol. The highest BCUT2D eigenvalue weighted by Crippen LogP contribution is 2.27. The highest BCUT2D eigenvalue weighted by atomic mass is 16.6. The summed E-state index contributed by atoms with van der Waals surface area (Å²) >= 11 is 0. The third-order valence-corrected chi connectivity index (χ3v) is 3.71. The van der Waals surface area contributed by atoms with Gasteiger partial charge in [0, 0.05) is 19.7 Å².